The van der Waals surface area contributed by atoms with Crippen LogP contribution in [-0.2, 0) is 6.54 Å². The van der Waals surface area contributed by atoms with Crippen LogP contribution in [0.5, 0.6) is 5.75 Å². The van der Waals surface area contributed by atoms with Gasteiger partial charge in [0.25, 0.3) is 0 Å². The molecule has 0 aliphatic rings. The molecule has 0 saturated heterocycles. The van der Waals surface area contributed by atoms with Gasteiger partial charge in [0.05, 0.1) is 18.8 Å². The summed E-state index contributed by atoms with van der Waals surface area (Å²) in [6.07, 6.45) is 0.948. The lowest BCUT2D eigenvalue weighted by atomic mass is 10.1. The van der Waals surface area contributed by atoms with Crippen LogP contribution in [0, 0.1) is 0 Å². The Morgan fingerprint density at radius 3 is 2.65 bits per heavy atom. The fourth-order valence-electron chi connectivity index (χ4n) is 3.03. The largest absolute Gasteiger partial charge is 0.491 e. The van der Waals surface area contributed by atoms with E-state index < -0.39 is 6.10 Å². The second-order valence-corrected chi connectivity index (χ2v) is 7.36. The summed E-state index contributed by atoms with van der Waals surface area (Å²) < 4.78 is 5.65. The number of hydrogen-bond acceptors (Lipinski definition) is 5. The number of rotatable bonds is 9. The number of nitrogens with zero attached hydrogens (tertiary/aromatic N) is 3. The average Bonchev–Trinajstić information content (AvgIpc) is 3.31. The lowest BCUT2D eigenvalue weighted by Crippen LogP contribution is -2.39. The van der Waals surface area contributed by atoms with Gasteiger partial charge in [0, 0.05) is 18.7 Å². The number of benzene rings is 2. The Morgan fingerprint density at radius 2 is 1.97 bits per heavy atom. The highest BCUT2D eigenvalue weighted by atomic mass is 16.5. The normalized spacial score (nSPS) is 12.6. The van der Waals surface area contributed by atoms with Crippen molar-refractivity contribution in [2.75, 3.05) is 13.1 Å². The van der Waals surface area contributed by atoms with Crippen LogP contribution in [0.2, 0.25) is 0 Å². The lowest BCUT2D eigenvalue weighted by Gasteiger charge is -2.16. The van der Waals surface area contributed by atoms with Crippen LogP contribution in [0.15, 0.2) is 59.9 Å². The third-order valence-electron chi connectivity index (χ3n) is 4.48. The maximum absolute atomic E-state index is 10.5. The van der Waals surface area contributed by atoms with Crippen molar-refractivity contribution in [1.82, 2.24) is 25.8 Å². The van der Waals surface area contributed by atoms with Crippen LogP contribution in [0.3, 0.4) is 0 Å². The summed E-state index contributed by atoms with van der Waals surface area (Å²) in [5, 5.41) is 23.7. The first-order chi connectivity index (χ1) is 15.0. The zero-order valence-electron chi connectivity index (χ0n) is 18.2. The number of ether oxygens (including phenoxy) is 1. The zero-order valence-corrected chi connectivity index (χ0v) is 18.2. The molecule has 1 unspecified atom stereocenters. The number of nitrogens with one attached hydrogen (secondary N) is 3. The standard InChI is InChI=1S/C23H30N6O2/c1-4-24-23(25-13-17-6-5-7-19(12-17)22-27-15-28-29-22)26-14-21(30)18-8-10-20(11-9-18)31-16(2)3/h5-12,15-16,21,30H,4,13-14H2,1-3H3,(H2,24,25,26)(H,27,28,29). The monoisotopic (exact) mass is 422 g/mol. The molecule has 0 spiro atoms. The summed E-state index contributed by atoms with van der Waals surface area (Å²) in [5.74, 6) is 2.16. The fraction of sp³-hybridized carbons (Fsp3) is 0.348. The zero-order chi connectivity index (χ0) is 22.1. The first-order valence-electron chi connectivity index (χ1n) is 10.5. The van der Waals surface area contributed by atoms with Crippen LogP contribution >= 0.6 is 0 Å². The van der Waals surface area contributed by atoms with Gasteiger partial charge in [-0.15, -0.1) is 0 Å². The van der Waals surface area contributed by atoms with Crippen LogP contribution in [0.4, 0.5) is 0 Å². The summed E-state index contributed by atoms with van der Waals surface area (Å²) in [5.41, 5.74) is 2.83. The third-order valence-corrected chi connectivity index (χ3v) is 4.48. The van der Waals surface area contributed by atoms with Gasteiger partial charge in [0.1, 0.15) is 12.1 Å². The molecule has 0 saturated carbocycles. The molecule has 0 bridgehead atoms. The van der Waals surface area contributed by atoms with Gasteiger partial charge in [0.2, 0.25) is 0 Å². The molecule has 0 aliphatic heterocycles. The summed E-state index contributed by atoms with van der Waals surface area (Å²) in [4.78, 5) is 8.82. The molecule has 2 aromatic carbocycles. The molecule has 4 N–H and O–H groups in total. The molecule has 3 rings (SSSR count). The molecule has 0 fully saturated rings. The number of aliphatic hydroxyl groups is 1. The van der Waals surface area contributed by atoms with E-state index in [2.05, 4.69) is 30.8 Å². The van der Waals surface area contributed by atoms with Crippen molar-refractivity contribution in [2.45, 2.75) is 39.5 Å². The molecule has 0 aliphatic carbocycles. The molecule has 1 atom stereocenters. The third kappa shape index (κ3) is 6.82. The number of aliphatic hydroxyl groups excluding tert-OH is 1. The fourth-order valence-corrected chi connectivity index (χ4v) is 3.03. The predicted molar refractivity (Wildman–Crippen MR) is 122 cm³/mol. The van der Waals surface area contributed by atoms with E-state index in [1.807, 2.05) is 69.3 Å². The molecule has 164 valence electrons. The maximum Gasteiger partial charge on any atom is 0.191 e. The summed E-state index contributed by atoms with van der Waals surface area (Å²) in [6.45, 7) is 7.54. The number of aromatic nitrogens is 3. The van der Waals surface area contributed by atoms with Crippen molar-refractivity contribution < 1.29 is 9.84 Å². The highest BCUT2D eigenvalue weighted by Crippen LogP contribution is 2.19. The SMILES string of the molecule is CCNC(=NCc1cccc(-c2ncn[nH]2)c1)NCC(O)c1ccc(OC(C)C)cc1. The molecule has 8 nitrogen and oxygen atoms in total. The van der Waals surface area contributed by atoms with Gasteiger partial charge in [-0.05, 0) is 50.1 Å². The lowest BCUT2D eigenvalue weighted by molar-refractivity contribution is 0.180. The predicted octanol–water partition coefficient (Wildman–Crippen LogP) is 3.05. The Kier molecular flexibility index (Phi) is 8.00. The van der Waals surface area contributed by atoms with E-state index in [-0.39, 0.29) is 6.10 Å². The molecule has 1 aromatic heterocycles. The van der Waals surface area contributed by atoms with Crippen LogP contribution in [-0.4, -0.2) is 45.4 Å². The van der Waals surface area contributed by atoms with E-state index in [1.165, 1.54) is 6.33 Å². The van der Waals surface area contributed by atoms with Gasteiger partial charge in [-0.3, -0.25) is 5.10 Å². The summed E-state index contributed by atoms with van der Waals surface area (Å²) in [6, 6.07) is 15.5. The van der Waals surface area contributed by atoms with E-state index >= 15 is 0 Å². The van der Waals surface area contributed by atoms with E-state index in [0.29, 0.717) is 19.0 Å². The Labute approximate surface area is 182 Å². The number of H-pyrrole nitrogens is 1. The van der Waals surface area contributed by atoms with Crippen molar-refractivity contribution in [3.05, 3.63) is 66.0 Å². The number of guanidine groups is 1. The van der Waals surface area contributed by atoms with Gasteiger partial charge in [0.15, 0.2) is 11.8 Å². The van der Waals surface area contributed by atoms with Crippen molar-refractivity contribution in [3.8, 4) is 17.1 Å². The first kappa shape index (κ1) is 22.3. The van der Waals surface area contributed by atoms with Gasteiger partial charge in [-0.25, -0.2) is 9.98 Å². The average molecular weight is 423 g/mol. The van der Waals surface area contributed by atoms with Crippen molar-refractivity contribution in [2.24, 2.45) is 4.99 Å². The van der Waals surface area contributed by atoms with Gasteiger partial charge in [-0.2, -0.15) is 5.10 Å². The molecule has 31 heavy (non-hydrogen) atoms. The minimum Gasteiger partial charge on any atom is -0.491 e. The minimum absolute atomic E-state index is 0.118. The van der Waals surface area contributed by atoms with Gasteiger partial charge < -0.3 is 20.5 Å². The van der Waals surface area contributed by atoms with E-state index in [1.54, 1.807) is 0 Å². The van der Waals surface area contributed by atoms with E-state index in [4.69, 9.17) is 4.74 Å². The maximum atomic E-state index is 10.5. The van der Waals surface area contributed by atoms with Crippen LogP contribution in [0.1, 0.15) is 38.0 Å². The van der Waals surface area contributed by atoms with E-state index in [9.17, 15) is 5.11 Å². The summed E-state index contributed by atoms with van der Waals surface area (Å²) >= 11 is 0. The highest BCUT2D eigenvalue weighted by molar-refractivity contribution is 5.79. The minimum atomic E-state index is -0.660. The van der Waals surface area contributed by atoms with E-state index in [0.717, 1.165) is 34.8 Å². The Bertz CT molecular complexity index is 954. The topological polar surface area (TPSA) is 107 Å². The number of aromatic amines is 1. The molecule has 1 heterocycles. The quantitative estimate of drug-likeness (QED) is 0.312. The Morgan fingerprint density at radius 1 is 1.16 bits per heavy atom. The smallest absolute Gasteiger partial charge is 0.191 e. The molecule has 8 heteroatoms. The molecule has 3 aromatic rings. The van der Waals surface area contributed by atoms with Gasteiger partial charge in [-0.1, -0.05) is 30.3 Å². The second-order valence-electron chi connectivity index (χ2n) is 7.36. The molecule has 0 amide bonds. The highest BCUT2D eigenvalue weighted by Gasteiger charge is 2.09. The second kappa shape index (κ2) is 11.1. The van der Waals surface area contributed by atoms with Crippen molar-refractivity contribution in [1.29, 1.82) is 0 Å². The number of aliphatic imine (C=N–C) groups is 1. The summed E-state index contributed by atoms with van der Waals surface area (Å²) in [7, 11) is 0. The molecular formula is C23H30N6O2. The van der Waals surface area contributed by atoms with Crippen molar-refractivity contribution in [3.63, 3.8) is 0 Å². The van der Waals surface area contributed by atoms with Crippen molar-refractivity contribution >= 4 is 5.96 Å². The van der Waals surface area contributed by atoms with Crippen LogP contribution < -0.4 is 15.4 Å². The van der Waals surface area contributed by atoms with Gasteiger partial charge >= 0.3 is 0 Å². The Hall–Kier alpha value is -3.39. The Balaban J connectivity index is 1.59. The first-order valence-corrected chi connectivity index (χ1v) is 10.5. The number of hydrogen-bond donors (Lipinski definition) is 4. The molecule has 0 radical (unpaired) electrons. The molecular weight excluding hydrogens is 392 g/mol. The van der Waals surface area contributed by atoms with Crippen LogP contribution in [0.25, 0.3) is 11.4 Å².